The number of aromatic nitrogens is 2. The topological polar surface area (TPSA) is 95.9 Å². The highest BCUT2D eigenvalue weighted by molar-refractivity contribution is 8.01. The summed E-state index contributed by atoms with van der Waals surface area (Å²) in [5.74, 6) is 0.704. The number of carbonyl (C=O) groups is 1. The Morgan fingerprint density at radius 2 is 1.95 bits per heavy atom. The highest BCUT2D eigenvalue weighted by Gasteiger charge is 2.34. The van der Waals surface area contributed by atoms with E-state index in [4.69, 9.17) is 18.9 Å². The van der Waals surface area contributed by atoms with Gasteiger partial charge in [-0.05, 0) is 78.3 Å². The first-order valence-corrected chi connectivity index (χ1v) is 16.3. The van der Waals surface area contributed by atoms with E-state index < -0.39 is 12.0 Å². The Morgan fingerprint density at radius 1 is 1.09 bits per heavy atom. The second-order valence-corrected chi connectivity index (χ2v) is 13.2. The number of hydrogen-bond acceptors (Lipinski definition) is 10. The molecule has 6 aromatic rings. The summed E-state index contributed by atoms with van der Waals surface area (Å²) in [5, 5.41) is 2.49. The number of fused-ring (bicyclic) bond motifs is 3. The standard InChI is InChI=1S/C33H25N3O5S3/c1-4-40-31(38)28-18(2)34-32-36(29(28)22-9-7-8-19-12-13-20(39-3)16-23(19)22)30(37)26(42-32)17-21-14-15-27(41-21)44-33-35-24-10-5-6-11-25(24)43-33/h5-17,29H,4H2,1-3H3. The summed E-state index contributed by atoms with van der Waals surface area (Å²) >= 11 is 4.30. The fraction of sp³-hybridized carbons (Fsp3) is 0.152. The van der Waals surface area contributed by atoms with Gasteiger partial charge >= 0.3 is 5.97 Å². The van der Waals surface area contributed by atoms with Crippen LogP contribution >= 0.6 is 34.4 Å². The van der Waals surface area contributed by atoms with Gasteiger partial charge in [-0.3, -0.25) is 9.36 Å². The molecule has 0 spiro atoms. The van der Waals surface area contributed by atoms with Gasteiger partial charge in [-0.1, -0.05) is 47.7 Å². The minimum Gasteiger partial charge on any atom is -0.497 e. The molecule has 0 saturated carbocycles. The number of rotatable bonds is 7. The summed E-state index contributed by atoms with van der Waals surface area (Å²) in [6, 6.07) is 22.6. The van der Waals surface area contributed by atoms with E-state index in [0.717, 1.165) is 30.9 Å². The molecule has 0 aliphatic carbocycles. The van der Waals surface area contributed by atoms with Crippen LogP contribution in [0.3, 0.4) is 0 Å². The smallest absolute Gasteiger partial charge is 0.338 e. The van der Waals surface area contributed by atoms with E-state index in [0.29, 0.717) is 37.2 Å². The van der Waals surface area contributed by atoms with Gasteiger partial charge in [0.15, 0.2) is 14.2 Å². The van der Waals surface area contributed by atoms with E-state index in [9.17, 15) is 9.59 Å². The summed E-state index contributed by atoms with van der Waals surface area (Å²) in [6.45, 7) is 3.74. The molecule has 4 heterocycles. The number of allylic oxidation sites excluding steroid dienone is 1. The highest BCUT2D eigenvalue weighted by Crippen LogP contribution is 2.37. The van der Waals surface area contributed by atoms with Crippen molar-refractivity contribution in [2.75, 3.05) is 13.7 Å². The average molecular weight is 640 g/mol. The lowest BCUT2D eigenvalue weighted by Crippen LogP contribution is -2.40. The number of furan rings is 1. The van der Waals surface area contributed by atoms with Crippen LogP contribution in [0.25, 0.3) is 27.1 Å². The summed E-state index contributed by atoms with van der Waals surface area (Å²) in [4.78, 5) is 37.4. The minimum absolute atomic E-state index is 0.200. The molecule has 0 bridgehead atoms. The Hall–Kier alpha value is -4.45. The third kappa shape index (κ3) is 5.06. The van der Waals surface area contributed by atoms with Gasteiger partial charge in [0, 0.05) is 6.08 Å². The quantitative estimate of drug-likeness (QED) is 0.189. The number of carbonyl (C=O) groups excluding carboxylic acids is 1. The van der Waals surface area contributed by atoms with Crippen molar-refractivity contribution in [3.05, 3.63) is 115 Å². The first kappa shape index (κ1) is 28.3. The molecule has 0 fully saturated rings. The van der Waals surface area contributed by atoms with E-state index in [1.165, 1.54) is 23.1 Å². The molecule has 0 amide bonds. The van der Waals surface area contributed by atoms with Gasteiger partial charge in [-0.15, -0.1) is 11.3 Å². The first-order chi connectivity index (χ1) is 21.4. The molecule has 7 rings (SSSR count). The normalized spacial score (nSPS) is 15.1. The largest absolute Gasteiger partial charge is 0.497 e. The predicted molar refractivity (Wildman–Crippen MR) is 173 cm³/mol. The molecule has 44 heavy (non-hydrogen) atoms. The Bertz CT molecular complexity index is 2260. The Kier molecular flexibility index (Phi) is 7.45. The van der Waals surface area contributed by atoms with Crippen LogP contribution in [0.1, 0.15) is 31.2 Å². The van der Waals surface area contributed by atoms with Crippen LogP contribution < -0.4 is 19.6 Å². The first-order valence-electron chi connectivity index (χ1n) is 13.8. The van der Waals surface area contributed by atoms with Gasteiger partial charge in [-0.25, -0.2) is 14.8 Å². The second-order valence-electron chi connectivity index (χ2n) is 9.94. The minimum atomic E-state index is -0.745. The van der Waals surface area contributed by atoms with Crippen LogP contribution in [0, 0.1) is 0 Å². The molecule has 3 aromatic carbocycles. The van der Waals surface area contributed by atoms with E-state index >= 15 is 0 Å². The molecule has 1 aliphatic heterocycles. The Morgan fingerprint density at radius 3 is 2.77 bits per heavy atom. The molecule has 0 saturated heterocycles. The van der Waals surface area contributed by atoms with Crippen molar-refractivity contribution in [1.82, 2.24) is 9.55 Å². The van der Waals surface area contributed by atoms with Crippen LogP contribution in [0.5, 0.6) is 5.75 Å². The average Bonchev–Trinajstić information content (AvgIpc) is 3.73. The lowest BCUT2D eigenvalue weighted by atomic mass is 9.91. The number of hydrogen-bond donors (Lipinski definition) is 0. The van der Waals surface area contributed by atoms with E-state index in [1.807, 2.05) is 72.8 Å². The van der Waals surface area contributed by atoms with Crippen molar-refractivity contribution in [3.63, 3.8) is 0 Å². The summed E-state index contributed by atoms with van der Waals surface area (Å²) < 4.78 is 21.1. The SMILES string of the molecule is CCOC(=O)C1=C(C)N=c2sc(=Cc3ccc(Sc4nc5ccccc5s4)o3)c(=O)n2C1c1cccc2ccc(OC)cc12. The van der Waals surface area contributed by atoms with Gasteiger partial charge in [0.2, 0.25) is 0 Å². The van der Waals surface area contributed by atoms with Gasteiger partial charge in [-0.2, -0.15) is 0 Å². The molecule has 1 aliphatic rings. The maximum absolute atomic E-state index is 14.1. The fourth-order valence-electron chi connectivity index (χ4n) is 5.30. The highest BCUT2D eigenvalue weighted by atomic mass is 32.2. The van der Waals surface area contributed by atoms with Gasteiger partial charge < -0.3 is 13.9 Å². The van der Waals surface area contributed by atoms with Gasteiger partial charge in [0.05, 0.1) is 45.8 Å². The molecule has 11 heteroatoms. The number of esters is 1. The van der Waals surface area contributed by atoms with Crippen LogP contribution in [0.2, 0.25) is 0 Å². The van der Waals surface area contributed by atoms with Crippen molar-refractivity contribution < 1.29 is 18.7 Å². The number of nitrogens with zero attached hydrogens (tertiary/aromatic N) is 3. The third-order valence-electron chi connectivity index (χ3n) is 7.27. The molecule has 1 atom stereocenters. The predicted octanol–water partition coefficient (Wildman–Crippen LogP) is 6.31. The summed E-state index contributed by atoms with van der Waals surface area (Å²) in [5.41, 5.74) is 2.29. The molecule has 0 radical (unpaired) electrons. The number of benzene rings is 3. The van der Waals surface area contributed by atoms with Crippen molar-refractivity contribution in [2.45, 2.75) is 29.3 Å². The lowest BCUT2D eigenvalue weighted by molar-refractivity contribution is -0.139. The third-order valence-corrected chi connectivity index (χ3v) is 10.3. The van der Waals surface area contributed by atoms with Gasteiger partial charge in [0.25, 0.3) is 5.56 Å². The summed E-state index contributed by atoms with van der Waals surface area (Å²) in [7, 11) is 1.61. The fourth-order valence-corrected chi connectivity index (χ4v) is 8.30. The molecular formula is C33H25N3O5S3. The zero-order valence-corrected chi connectivity index (χ0v) is 26.3. The Labute approximate surface area is 263 Å². The molecule has 8 nitrogen and oxygen atoms in total. The molecule has 220 valence electrons. The molecule has 3 aromatic heterocycles. The van der Waals surface area contributed by atoms with E-state index in [2.05, 4.69) is 4.98 Å². The Balaban J connectivity index is 1.33. The molecule has 1 unspecified atom stereocenters. The molecule has 0 N–H and O–H groups in total. The maximum atomic E-state index is 14.1. The van der Waals surface area contributed by atoms with Crippen LogP contribution in [0.15, 0.2) is 108 Å². The lowest BCUT2D eigenvalue weighted by Gasteiger charge is -2.26. The van der Waals surface area contributed by atoms with Gasteiger partial charge in [0.1, 0.15) is 11.5 Å². The van der Waals surface area contributed by atoms with E-state index in [1.54, 1.807) is 42.9 Å². The number of thiazole rings is 2. The maximum Gasteiger partial charge on any atom is 0.338 e. The monoisotopic (exact) mass is 639 g/mol. The summed E-state index contributed by atoms with van der Waals surface area (Å²) in [6.07, 6.45) is 1.72. The van der Waals surface area contributed by atoms with E-state index in [-0.39, 0.29) is 12.2 Å². The zero-order chi connectivity index (χ0) is 30.4. The van der Waals surface area contributed by atoms with Crippen LogP contribution in [0.4, 0.5) is 0 Å². The molecular weight excluding hydrogens is 615 g/mol. The van der Waals surface area contributed by atoms with Crippen LogP contribution in [-0.4, -0.2) is 29.2 Å². The van der Waals surface area contributed by atoms with Crippen LogP contribution in [-0.2, 0) is 9.53 Å². The van der Waals surface area contributed by atoms with Crippen molar-refractivity contribution in [2.24, 2.45) is 4.99 Å². The van der Waals surface area contributed by atoms with Crippen molar-refractivity contribution in [3.8, 4) is 5.75 Å². The van der Waals surface area contributed by atoms with Crippen molar-refractivity contribution >= 4 is 67.5 Å². The number of ether oxygens (including phenoxy) is 2. The number of methoxy groups -OCH3 is 1. The number of para-hydroxylation sites is 1. The zero-order valence-electron chi connectivity index (χ0n) is 23.9. The van der Waals surface area contributed by atoms with Crippen molar-refractivity contribution in [1.29, 1.82) is 0 Å². The second kappa shape index (κ2) is 11.6.